The topological polar surface area (TPSA) is 56.0 Å². The molecule has 2 aromatic rings. The first kappa shape index (κ1) is 11.6. The summed E-state index contributed by atoms with van der Waals surface area (Å²) in [6.07, 6.45) is 4.93. The molecule has 86 valence electrons. The van der Waals surface area contributed by atoms with Crippen LogP contribution in [0.1, 0.15) is 16.2 Å². The van der Waals surface area contributed by atoms with E-state index in [0.717, 1.165) is 0 Å². The zero-order valence-electron chi connectivity index (χ0n) is 9.21. The van der Waals surface area contributed by atoms with E-state index in [1.165, 1.54) is 18.0 Å². The van der Waals surface area contributed by atoms with E-state index in [1.54, 1.807) is 24.4 Å². The predicted octanol–water partition coefficient (Wildman–Crippen LogP) is 2.69. The summed E-state index contributed by atoms with van der Waals surface area (Å²) in [6, 6.07) is 4.92. The summed E-state index contributed by atoms with van der Waals surface area (Å²) in [5.74, 6) is 0.0000619. The van der Waals surface area contributed by atoms with Crippen LogP contribution >= 0.6 is 11.8 Å². The molecule has 0 fully saturated rings. The van der Waals surface area contributed by atoms with Gasteiger partial charge in [-0.1, -0.05) is 18.3 Å². The maximum absolute atomic E-state index is 11.9. The highest BCUT2D eigenvalue weighted by Gasteiger charge is 2.16. The molecule has 17 heavy (non-hydrogen) atoms. The van der Waals surface area contributed by atoms with Gasteiger partial charge in [-0.05, 0) is 24.5 Å². The quantitative estimate of drug-likeness (QED) is 0.359. The molecule has 2 rings (SSSR count). The highest BCUT2D eigenvalue weighted by molar-refractivity contribution is 7.98. The van der Waals surface area contributed by atoms with E-state index in [0.29, 0.717) is 16.4 Å². The minimum atomic E-state index is -0.263. The number of hydrogen-bond donors (Lipinski definition) is 0. The molecular formula is C12H10N2O2S. The molecule has 0 N–H and O–H groups in total. The summed E-state index contributed by atoms with van der Waals surface area (Å²) in [5.41, 5.74) is 0.823. The summed E-state index contributed by atoms with van der Waals surface area (Å²) in [5, 5.41) is 0.607. The van der Waals surface area contributed by atoms with Gasteiger partial charge in [0.1, 0.15) is 0 Å². The summed E-state index contributed by atoms with van der Waals surface area (Å²) in [4.78, 5) is 20.2. The molecule has 0 saturated heterocycles. The van der Waals surface area contributed by atoms with Gasteiger partial charge in [-0.2, -0.15) is 0 Å². The predicted molar refractivity (Wildman–Crippen MR) is 65.9 cm³/mol. The number of furan rings is 1. The molecule has 0 spiro atoms. The number of ketones is 1. The molecule has 2 aromatic heterocycles. The Balaban J connectivity index is 2.28. The summed E-state index contributed by atoms with van der Waals surface area (Å²) < 4.78 is 5.04. The van der Waals surface area contributed by atoms with Crippen molar-refractivity contribution >= 4 is 23.1 Å². The van der Waals surface area contributed by atoms with Crippen molar-refractivity contribution in [3.63, 3.8) is 0 Å². The highest BCUT2D eigenvalue weighted by atomic mass is 32.2. The molecular weight excluding hydrogens is 236 g/mol. The Morgan fingerprint density at radius 1 is 1.47 bits per heavy atom. The van der Waals surface area contributed by atoms with Crippen LogP contribution in [-0.2, 0) is 0 Å². The standard InChI is InChI=1S/C12H10N2O2S/c1-8(11(15)10-4-3-7-16-10)9-5-6-13-12(14-9)17-2/h3-7H,1H2,2H3. The van der Waals surface area contributed by atoms with E-state index >= 15 is 0 Å². The second-order valence-corrected chi connectivity index (χ2v) is 3.99. The van der Waals surface area contributed by atoms with Crippen molar-refractivity contribution in [2.45, 2.75) is 5.16 Å². The molecule has 0 amide bonds. The number of nitrogens with zero attached hydrogens (tertiary/aromatic N) is 2. The first-order chi connectivity index (χ1) is 8.22. The first-order valence-corrected chi connectivity index (χ1v) is 6.09. The van der Waals surface area contributed by atoms with Crippen molar-refractivity contribution in [1.29, 1.82) is 0 Å². The van der Waals surface area contributed by atoms with Gasteiger partial charge in [0.05, 0.1) is 12.0 Å². The minimum Gasteiger partial charge on any atom is -0.461 e. The van der Waals surface area contributed by atoms with E-state index in [9.17, 15) is 4.79 Å². The van der Waals surface area contributed by atoms with Gasteiger partial charge in [-0.3, -0.25) is 4.79 Å². The molecule has 0 aliphatic heterocycles. The Morgan fingerprint density at radius 2 is 2.29 bits per heavy atom. The lowest BCUT2D eigenvalue weighted by Crippen LogP contribution is -2.03. The number of hydrogen-bond acceptors (Lipinski definition) is 5. The molecule has 5 heteroatoms. The van der Waals surface area contributed by atoms with Gasteiger partial charge in [0.15, 0.2) is 10.9 Å². The smallest absolute Gasteiger partial charge is 0.229 e. The number of rotatable bonds is 4. The zero-order chi connectivity index (χ0) is 12.3. The van der Waals surface area contributed by atoms with Crippen LogP contribution < -0.4 is 0 Å². The summed E-state index contributed by atoms with van der Waals surface area (Å²) in [6.45, 7) is 3.75. The molecule has 4 nitrogen and oxygen atoms in total. The summed E-state index contributed by atoms with van der Waals surface area (Å²) >= 11 is 1.41. The zero-order valence-corrected chi connectivity index (χ0v) is 10.0. The van der Waals surface area contributed by atoms with E-state index in [4.69, 9.17) is 4.42 Å². The molecule has 0 atom stereocenters. The van der Waals surface area contributed by atoms with Gasteiger partial charge in [-0.15, -0.1) is 0 Å². The Morgan fingerprint density at radius 3 is 2.94 bits per heavy atom. The summed E-state index contributed by atoms with van der Waals surface area (Å²) in [7, 11) is 0. The molecule has 0 aliphatic carbocycles. The van der Waals surface area contributed by atoms with Crippen molar-refractivity contribution in [2.24, 2.45) is 0 Å². The number of thioether (sulfide) groups is 1. The minimum absolute atomic E-state index is 0.263. The number of allylic oxidation sites excluding steroid dienone is 1. The van der Waals surface area contributed by atoms with Crippen LogP contribution in [0, 0.1) is 0 Å². The second kappa shape index (κ2) is 4.97. The average molecular weight is 246 g/mol. The fraction of sp³-hybridized carbons (Fsp3) is 0.0833. The van der Waals surface area contributed by atoms with Crippen molar-refractivity contribution < 1.29 is 9.21 Å². The molecule has 0 radical (unpaired) electrons. The van der Waals surface area contributed by atoms with Gasteiger partial charge in [0.25, 0.3) is 0 Å². The van der Waals surface area contributed by atoms with Gasteiger partial charge in [-0.25, -0.2) is 9.97 Å². The number of carbonyl (C=O) groups is 1. The van der Waals surface area contributed by atoms with Crippen molar-refractivity contribution in [1.82, 2.24) is 9.97 Å². The molecule has 0 saturated carbocycles. The van der Waals surface area contributed by atoms with E-state index < -0.39 is 0 Å². The lowest BCUT2D eigenvalue weighted by Gasteiger charge is -2.03. The van der Waals surface area contributed by atoms with Crippen LogP contribution in [-0.4, -0.2) is 22.0 Å². The number of aromatic nitrogens is 2. The molecule has 0 aliphatic rings. The third-order valence-electron chi connectivity index (χ3n) is 2.14. The second-order valence-electron chi connectivity index (χ2n) is 3.21. The first-order valence-electron chi connectivity index (χ1n) is 4.87. The SMILES string of the molecule is C=C(C(=O)c1ccco1)c1ccnc(SC)n1. The largest absolute Gasteiger partial charge is 0.461 e. The lowest BCUT2D eigenvalue weighted by atomic mass is 10.1. The van der Waals surface area contributed by atoms with E-state index in [2.05, 4.69) is 16.5 Å². The van der Waals surface area contributed by atoms with E-state index in [1.807, 2.05) is 6.26 Å². The average Bonchev–Trinajstić information content (AvgIpc) is 2.91. The van der Waals surface area contributed by atoms with Gasteiger partial charge in [0.2, 0.25) is 5.78 Å². The fourth-order valence-electron chi connectivity index (χ4n) is 1.28. The highest BCUT2D eigenvalue weighted by Crippen LogP contribution is 2.18. The van der Waals surface area contributed by atoms with Crippen LogP contribution in [0.2, 0.25) is 0 Å². The Bertz CT molecular complexity index is 549. The third-order valence-corrected chi connectivity index (χ3v) is 2.71. The normalized spacial score (nSPS) is 10.2. The van der Waals surface area contributed by atoms with E-state index in [-0.39, 0.29) is 11.5 Å². The molecule has 2 heterocycles. The lowest BCUT2D eigenvalue weighted by molar-refractivity contribution is 0.103. The van der Waals surface area contributed by atoms with Crippen molar-refractivity contribution in [3.05, 3.63) is 48.7 Å². The van der Waals surface area contributed by atoms with Gasteiger partial charge >= 0.3 is 0 Å². The Hall–Kier alpha value is -1.88. The maximum atomic E-state index is 11.9. The molecule has 0 aromatic carbocycles. The molecule has 0 unspecified atom stereocenters. The molecule has 0 bridgehead atoms. The van der Waals surface area contributed by atoms with Gasteiger partial charge in [0, 0.05) is 11.8 Å². The maximum Gasteiger partial charge on any atom is 0.229 e. The number of carbonyl (C=O) groups excluding carboxylic acids is 1. The fourth-order valence-corrected chi connectivity index (χ4v) is 1.64. The number of Topliss-reactive ketones (excluding diaryl/α,β-unsaturated/α-hetero) is 1. The van der Waals surface area contributed by atoms with Crippen LogP contribution in [0.3, 0.4) is 0 Å². The Labute approximate surface area is 103 Å². The van der Waals surface area contributed by atoms with Crippen LogP contribution in [0.25, 0.3) is 5.57 Å². The third kappa shape index (κ3) is 2.45. The monoisotopic (exact) mass is 246 g/mol. The van der Waals surface area contributed by atoms with Crippen molar-refractivity contribution in [3.8, 4) is 0 Å². The van der Waals surface area contributed by atoms with Gasteiger partial charge < -0.3 is 4.42 Å². The van der Waals surface area contributed by atoms with Crippen LogP contribution in [0.4, 0.5) is 0 Å². The van der Waals surface area contributed by atoms with Crippen LogP contribution in [0.5, 0.6) is 0 Å². The Kier molecular flexibility index (Phi) is 3.39. The van der Waals surface area contributed by atoms with Crippen molar-refractivity contribution in [2.75, 3.05) is 6.26 Å². The van der Waals surface area contributed by atoms with Crippen LogP contribution in [0.15, 0.2) is 46.8 Å².